The zero-order chi connectivity index (χ0) is 12.7. The van der Waals surface area contributed by atoms with E-state index >= 15 is 0 Å². The summed E-state index contributed by atoms with van der Waals surface area (Å²) in [4.78, 5) is 6.69. The first-order valence-electron chi connectivity index (χ1n) is 5.74. The van der Waals surface area contributed by atoms with Gasteiger partial charge in [-0.25, -0.2) is 4.98 Å². The SMILES string of the molecule is C=CCN(CCOC)c1ccc(CN)c(C)n1. The summed E-state index contributed by atoms with van der Waals surface area (Å²) in [6.07, 6.45) is 1.86. The number of hydrogen-bond acceptors (Lipinski definition) is 4. The van der Waals surface area contributed by atoms with Crippen LogP contribution in [0.3, 0.4) is 0 Å². The van der Waals surface area contributed by atoms with Crippen LogP contribution in [0.1, 0.15) is 11.3 Å². The molecule has 4 nitrogen and oxygen atoms in total. The lowest BCUT2D eigenvalue weighted by Crippen LogP contribution is -2.28. The Morgan fingerprint density at radius 2 is 2.29 bits per heavy atom. The van der Waals surface area contributed by atoms with E-state index in [4.69, 9.17) is 10.5 Å². The summed E-state index contributed by atoms with van der Waals surface area (Å²) in [5.74, 6) is 0.941. The Hall–Kier alpha value is -1.39. The molecule has 17 heavy (non-hydrogen) atoms. The predicted octanol–water partition coefficient (Wildman–Crippen LogP) is 1.49. The van der Waals surface area contributed by atoms with Crippen LogP contribution in [0.25, 0.3) is 0 Å². The van der Waals surface area contributed by atoms with Crippen molar-refractivity contribution in [3.8, 4) is 0 Å². The minimum Gasteiger partial charge on any atom is -0.383 e. The molecule has 0 atom stereocenters. The summed E-state index contributed by atoms with van der Waals surface area (Å²) in [5.41, 5.74) is 7.69. The summed E-state index contributed by atoms with van der Waals surface area (Å²) in [6.45, 7) is 8.50. The van der Waals surface area contributed by atoms with Crippen molar-refractivity contribution in [2.24, 2.45) is 5.73 Å². The number of pyridine rings is 1. The fourth-order valence-electron chi connectivity index (χ4n) is 1.63. The third kappa shape index (κ3) is 3.84. The Morgan fingerprint density at radius 1 is 1.53 bits per heavy atom. The topological polar surface area (TPSA) is 51.4 Å². The first-order chi connectivity index (χ1) is 8.22. The highest BCUT2D eigenvalue weighted by Gasteiger charge is 2.07. The molecular formula is C13H21N3O. The van der Waals surface area contributed by atoms with Crippen molar-refractivity contribution in [2.45, 2.75) is 13.5 Å². The number of aromatic nitrogens is 1. The van der Waals surface area contributed by atoms with Gasteiger partial charge in [0.05, 0.1) is 6.61 Å². The second-order valence-electron chi connectivity index (χ2n) is 3.85. The molecule has 0 aliphatic rings. The average Bonchev–Trinajstić information content (AvgIpc) is 2.34. The lowest BCUT2D eigenvalue weighted by atomic mass is 10.2. The van der Waals surface area contributed by atoms with Gasteiger partial charge in [0, 0.05) is 32.4 Å². The van der Waals surface area contributed by atoms with Gasteiger partial charge in [-0.1, -0.05) is 12.1 Å². The van der Waals surface area contributed by atoms with Gasteiger partial charge < -0.3 is 15.4 Å². The Morgan fingerprint density at radius 3 is 2.82 bits per heavy atom. The number of ether oxygens (including phenoxy) is 1. The first-order valence-corrected chi connectivity index (χ1v) is 5.74. The van der Waals surface area contributed by atoms with E-state index in [1.807, 2.05) is 25.1 Å². The molecule has 1 aromatic rings. The average molecular weight is 235 g/mol. The highest BCUT2D eigenvalue weighted by Crippen LogP contribution is 2.14. The van der Waals surface area contributed by atoms with E-state index in [2.05, 4.69) is 16.5 Å². The summed E-state index contributed by atoms with van der Waals surface area (Å²) in [5, 5.41) is 0. The number of methoxy groups -OCH3 is 1. The minimum atomic E-state index is 0.526. The second kappa shape index (κ2) is 7.04. The van der Waals surface area contributed by atoms with Gasteiger partial charge in [0.1, 0.15) is 5.82 Å². The maximum absolute atomic E-state index is 5.63. The Labute approximate surface area is 103 Å². The number of rotatable bonds is 7. The Bertz CT molecular complexity index is 366. The molecule has 1 heterocycles. The maximum atomic E-state index is 5.63. The van der Waals surface area contributed by atoms with Crippen molar-refractivity contribution >= 4 is 5.82 Å². The van der Waals surface area contributed by atoms with E-state index in [9.17, 15) is 0 Å². The van der Waals surface area contributed by atoms with Crippen molar-refractivity contribution < 1.29 is 4.74 Å². The predicted molar refractivity (Wildman–Crippen MR) is 71.2 cm³/mol. The Balaban J connectivity index is 2.85. The van der Waals surface area contributed by atoms with Crippen molar-refractivity contribution in [3.63, 3.8) is 0 Å². The fraction of sp³-hybridized carbons (Fsp3) is 0.462. The van der Waals surface area contributed by atoms with Crippen LogP contribution in [-0.4, -0.2) is 31.8 Å². The van der Waals surface area contributed by atoms with Crippen LogP contribution in [0.15, 0.2) is 24.8 Å². The first kappa shape index (κ1) is 13.7. The standard InChI is InChI=1S/C13H21N3O/c1-4-7-16(8-9-17-3)13-6-5-12(10-14)11(2)15-13/h4-6H,1,7-10,14H2,2-3H3. The van der Waals surface area contributed by atoms with E-state index in [-0.39, 0.29) is 0 Å². The largest absolute Gasteiger partial charge is 0.383 e. The second-order valence-corrected chi connectivity index (χ2v) is 3.85. The van der Waals surface area contributed by atoms with Gasteiger partial charge in [-0.2, -0.15) is 0 Å². The molecule has 0 saturated carbocycles. The van der Waals surface area contributed by atoms with Crippen LogP contribution in [0.4, 0.5) is 5.82 Å². The minimum absolute atomic E-state index is 0.526. The zero-order valence-electron chi connectivity index (χ0n) is 10.6. The summed E-state index contributed by atoms with van der Waals surface area (Å²) < 4.78 is 5.09. The van der Waals surface area contributed by atoms with Gasteiger partial charge in [-0.3, -0.25) is 0 Å². The van der Waals surface area contributed by atoms with Crippen LogP contribution in [0.5, 0.6) is 0 Å². The molecule has 0 aliphatic carbocycles. The van der Waals surface area contributed by atoms with E-state index < -0.39 is 0 Å². The van der Waals surface area contributed by atoms with Crippen molar-refractivity contribution in [1.82, 2.24) is 4.98 Å². The van der Waals surface area contributed by atoms with Gasteiger partial charge in [0.2, 0.25) is 0 Å². The number of aryl methyl sites for hydroxylation is 1. The smallest absolute Gasteiger partial charge is 0.129 e. The van der Waals surface area contributed by atoms with Crippen LogP contribution in [-0.2, 0) is 11.3 Å². The van der Waals surface area contributed by atoms with Crippen LogP contribution < -0.4 is 10.6 Å². The molecule has 0 amide bonds. The van der Waals surface area contributed by atoms with Gasteiger partial charge >= 0.3 is 0 Å². The summed E-state index contributed by atoms with van der Waals surface area (Å²) in [7, 11) is 1.70. The van der Waals surface area contributed by atoms with Crippen LogP contribution in [0, 0.1) is 6.92 Å². The molecule has 0 aliphatic heterocycles. The van der Waals surface area contributed by atoms with Gasteiger partial charge in [0.25, 0.3) is 0 Å². The van der Waals surface area contributed by atoms with Crippen LogP contribution in [0.2, 0.25) is 0 Å². The number of nitrogens with two attached hydrogens (primary N) is 1. The molecule has 0 bridgehead atoms. The third-order valence-corrected chi connectivity index (χ3v) is 2.64. The summed E-state index contributed by atoms with van der Waals surface area (Å²) in [6, 6.07) is 4.02. The molecule has 0 spiro atoms. The molecule has 2 N–H and O–H groups in total. The molecule has 0 unspecified atom stereocenters. The van der Waals surface area contributed by atoms with Crippen LogP contribution >= 0.6 is 0 Å². The molecule has 4 heteroatoms. The fourth-order valence-corrected chi connectivity index (χ4v) is 1.63. The van der Waals surface area contributed by atoms with Gasteiger partial charge in [-0.05, 0) is 18.6 Å². The quantitative estimate of drug-likeness (QED) is 0.727. The Kier molecular flexibility index (Phi) is 5.66. The number of nitrogens with zero attached hydrogens (tertiary/aromatic N) is 2. The molecule has 1 rings (SSSR count). The molecule has 0 saturated heterocycles. The molecule has 0 radical (unpaired) electrons. The molecule has 1 aromatic heterocycles. The molecule has 0 aromatic carbocycles. The van der Waals surface area contributed by atoms with E-state index in [0.717, 1.165) is 30.2 Å². The van der Waals surface area contributed by atoms with Gasteiger partial charge in [-0.15, -0.1) is 6.58 Å². The maximum Gasteiger partial charge on any atom is 0.129 e. The zero-order valence-corrected chi connectivity index (χ0v) is 10.6. The lowest BCUT2D eigenvalue weighted by molar-refractivity contribution is 0.205. The highest BCUT2D eigenvalue weighted by atomic mass is 16.5. The third-order valence-electron chi connectivity index (χ3n) is 2.64. The van der Waals surface area contributed by atoms with Crippen molar-refractivity contribution in [3.05, 3.63) is 36.0 Å². The van der Waals surface area contributed by atoms with Gasteiger partial charge in [0.15, 0.2) is 0 Å². The number of hydrogen-bond donors (Lipinski definition) is 1. The molecule has 94 valence electrons. The molecular weight excluding hydrogens is 214 g/mol. The lowest BCUT2D eigenvalue weighted by Gasteiger charge is -2.22. The van der Waals surface area contributed by atoms with E-state index in [1.165, 1.54) is 0 Å². The van der Waals surface area contributed by atoms with E-state index in [0.29, 0.717) is 13.2 Å². The summed E-state index contributed by atoms with van der Waals surface area (Å²) >= 11 is 0. The molecule has 0 fully saturated rings. The number of anilines is 1. The van der Waals surface area contributed by atoms with E-state index in [1.54, 1.807) is 7.11 Å². The van der Waals surface area contributed by atoms with Crippen molar-refractivity contribution in [1.29, 1.82) is 0 Å². The normalized spacial score (nSPS) is 10.3. The monoisotopic (exact) mass is 235 g/mol. The van der Waals surface area contributed by atoms with Crippen molar-refractivity contribution in [2.75, 3.05) is 31.7 Å². The highest BCUT2D eigenvalue weighted by molar-refractivity contribution is 5.42.